The Morgan fingerprint density at radius 3 is 2.58 bits per heavy atom. The van der Waals surface area contributed by atoms with Gasteiger partial charge in [0.2, 0.25) is 0 Å². The van der Waals surface area contributed by atoms with Crippen molar-refractivity contribution < 1.29 is 0 Å². The third-order valence-corrected chi connectivity index (χ3v) is 2.06. The van der Waals surface area contributed by atoms with Crippen molar-refractivity contribution in [2.75, 3.05) is 5.73 Å². The SMILES string of the molecule is C/C=c1/c(N)ccc/c1=C(/C)S. The number of hydrogen-bond acceptors (Lipinski definition) is 2. The Hall–Kier alpha value is -0.890. The van der Waals surface area contributed by atoms with E-state index >= 15 is 0 Å². The van der Waals surface area contributed by atoms with E-state index in [0.29, 0.717) is 0 Å². The summed E-state index contributed by atoms with van der Waals surface area (Å²) in [7, 11) is 0. The van der Waals surface area contributed by atoms with Crippen molar-refractivity contribution in [2.24, 2.45) is 0 Å². The topological polar surface area (TPSA) is 26.0 Å². The summed E-state index contributed by atoms with van der Waals surface area (Å²) < 4.78 is 0. The highest BCUT2D eigenvalue weighted by atomic mass is 32.1. The van der Waals surface area contributed by atoms with E-state index in [-0.39, 0.29) is 0 Å². The molecule has 2 N–H and O–H groups in total. The van der Waals surface area contributed by atoms with Crippen molar-refractivity contribution in [2.45, 2.75) is 13.8 Å². The van der Waals surface area contributed by atoms with Gasteiger partial charge in [-0.05, 0) is 30.0 Å². The zero-order chi connectivity index (χ0) is 9.14. The zero-order valence-electron chi connectivity index (χ0n) is 7.33. The molecule has 0 amide bonds. The van der Waals surface area contributed by atoms with Gasteiger partial charge in [0.1, 0.15) is 0 Å². The fourth-order valence-electron chi connectivity index (χ4n) is 1.22. The highest BCUT2D eigenvalue weighted by Crippen LogP contribution is 1.95. The second-order valence-electron chi connectivity index (χ2n) is 2.68. The van der Waals surface area contributed by atoms with E-state index in [4.69, 9.17) is 5.73 Å². The number of hydrogen-bond donors (Lipinski definition) is 2. The summed E-state index contributed by atoms with van der Waals surface area (Å²) in [6, 6.07) is 5.86. The molecule has 2 heteroatoms. The monoisotopic (exact) mass is 179 g/mol. The number of benzene rings is 1. The summed E-state index contributed by atoms with van der Waals surface area (Å²) >= 11 is 4.30. The molecule has 0 saturated heterocycles. The Kier molecular flexibility index (Phi) is 2.82. The molecule has 0 radical (unpaired) electrons. The predicted molar refractivity (Wildman–Crippen MR) is 58.3 cm³/mol. The normalized spacial score (nSPS) is 14.8. The first-order valence-corrected chi connectivity index (χ1v) is 4.32. The van der Waals surface area contributed by atoms with Crippen molar-refractivity contribution >= 4 is 29.3 Å². The van der Waals surface area contributed by atoms with E-state index in [0.717, 1.165) is 21.0 Å². The van der Waals surface area contributed by atoms with Gasteiger partial charge in [-0.3, -0.25) is 0 Å². The first-order chi connectivity index (χ1) is 5.66. The molecule has 0 heterocycles. The molecule has 64 valence electrons. The summed E-state index contributed by atoms with van der Waals surface area (Å²) in [4.78, 5) is 0.996. The molecule has 1 aromatic rings. The van der Waals surface area contributed by atoms with Crippen LogP contribution in [0.5, 0.6) is 0 Å². The lowest BCUT2D eigenvalue weighted by molar-refractivity contribution is 1.49. The molecule has 0 aliphatic rings. The molecule has 1 rings (SSSR count). The van der Waals surface area contributed by atoms with Crippen LogP contribution in [0, 0.1) is 0 Å². The Morgan fingerprint density at radius 1 is 1.50 bits per heavy atom. The van der Waals surface area contributed by atoms with Crippen LogP contribution < -0.4 is 16.2 Å². The standard InChI is InChI=1S/C10H13NS/c1-3-8-9(7(2)12)5-4-6-10(8)11/h3-6,12H,11H2,1-2H3/b8-3+,9-7+. The van der Waals surface area contributed by atoms with Crippen LogP contribution in [0.15, 0.2) is 18.2 Å². The van der Waals surface area contributed by atoms with Crippen LogP contribution in [0.25, 0.3) is 11.0 Å². The average molecular weight is 179 g/mol. The largest absolute Gasteiger partial charge is 0.398 e. The summed E-state index contributed by atoms with van der Waals surface area (Å²) in [6.07, 6.45) is 2.00. The lowest BCUT2D eigenvalue weighted by atomic mass is 10.2. The fourth-order valence-corrected chi connectivity index (χ4v) is 1.42. The molecular weight excluding hydrogens is 166 g/mol. The first kappa shape index (κ1) is 9.20. The maximum Gasteiger partial charge on any atom is 0.0390 e. The van der Waals surface area contributed by atoms with E-state index < -0.39 is 0 Å². The molecule has 0 saturated carbocycles. The van der Waals surface area contributed by atoms with Gasteiger partial charge in [-0.15, -0.1) is 12.6 Å². The molecule has 1 nitrogen and oxygen atoms in total. The smallest absolute Gasteiger partial charge is 0.0390 e. The van der Waals surface area contributed by atoms with Crippen LogP contribution >= 0.6 is 12.6 Å². The number of thiol groups is 1. The Morgan fingerprint density at radius 2 is 2.17 bits per heavy atom. The van der Waals surface area contributed by atoms with Crippen LogP contribution in [0.2, 0.25) is 0 Å². The van der Waals surface area contributed by atoms with Gasteiger partial charge in [-0.2, -0.15) is 0 Å². The van der Waals surface area contributed by atoms with E-state index in [2.05, 4.69) is 12.6 Å². The average Bonchev–Trinajstić information content (AvgIpc) is 2.03. The van der Waals surface area contributed by atoms with Crippen LogP contribution in [-0.2, 0) is 0 Å². The fraction of sp³-hybridized carbons (Fsp3) is 0.200. The van der Waals surface area contributed by atoms with E-state index in [1.807, 2.05) is 38.1 Å². The van der Waals surface area contributed by atoms with Gasteiger partial charge in [0.05, 0.1) is 0 Å². The molecule has 0 unspecified atom stereocenters. The third kappa shape index (κ3) is 1.64. The lowest BCUT2D eigenvalue weighted by Crippen LogP contribution is -2.27. The highest BCUT2D eigenvalue weighted by Gasteiger charge is 1.90. The van der Waals surface area contributed by atoms with Crippen LogP contribution in [0.3, 0.4) is 0 Å². The van der Waals surface area contributed by atoms with Crippen LogP contribution in [0.4, 0.5) is 5.69 Å². The van der Waals surface area contributed by atoms with E-state index in [1.165, 1.54) is 0 Å². The lowest BCUT2D eigenvalue weighted by Gasteiger charge is -1.96. The summed E-state index contributed by atoms with van der Waals surface area (Å²) in [5.74, 6) is 0. The van der Waals surface area contributed by atoms with Crippen molar-refractivity contribution in [3.63, 3.8) is 0 Å². The molecular formula is C10H13NS. The van der Waals surface area contributed by atoms with Gasteiger partial charge in [-0.1, -0.05) is 18.2 Å². The number of nitrogen functional groups attached to an aromatic ring is 1. The number of anilines is 1. The Bertz CT molecular complexity index is 389. The molecule has 0 spiro atoms. The molecule has 0 atom stereocenters. The van der Waals surface area contributed by atoms with Gasteiger partial charge in [-0.25, -0.2) is 0 Å². The van der Waals surface area contributed by atoms with Crippen LogP contribution in [-0.4, -0.2) is 0 Å². The minimum absolute atomic E-state index is 0.809. The molecule has 0 aliphatic carbocycles. The van der Waals surface area contributed by atoms with Crippen molar-refractivity contribution in [1.29, 1.82) is 0 Å². The molecule has 12 heavy (non-hydrogen) atoms. The van der Waals surface area contributed by atoms with Crippen LogP contribution in [0.1, 0.15) is 13.8 Å². The van der Waals surface area contributed by atoms with Gasteiger partial charge in [0, 0.05) is 10.9 Å². The molecule has 0 aromatic heterocycles. The van der Waals surface area contributed by atoms with Gasteiger partial charge < -0.3 is 5.73 Å². The second-order valence-corrected chi connectivity index (χ2v) is 3.35. The second kappa shape index (κ2) is 3.68. The molecule has 0 aliphatic heterocycles. The van der Waals surface area contributed by atoms with Gasteiger partial charge in [0.15, 0.2) is 0 Å². The highest BCUT2D eigenvalue weighted by molar-refractivity contribution is 7.90. The Balaban J connectivity index is 3.75. The van der Waals surface area contributed by atoms with Gasteiger partial charge in [0.25, 0.3) is 0 Å². The van der Waals surface area contributed by atoms with Crippen molar-refractivity contribution in [3.8, 4) is 0 Å². The van der Waals surface area contributed by atoms with E-state index in [1.54, 1.807) is 0 Å². The van der Waals surface area contributed by atoms with E-state index in [9.17, 15) is 0 Å². The van der Waals surface area contributed by atoms with Crippen molar-refractivity contribution in [1.82, 2.24) is 0 Å². The maximum atomic E-state index is 5.79. The molecule has 1 aromatic carbocycles. The minimum atomic E-state index is 0.809. The Labute approximate surface area is 78.0 Å². The third-order valence-electron chi connectivity index (χ3n) is 1.82. The number of nitrogens with two attached hydrogens (primary N) is 1. The molecule has 0 bridgehead atoms. The summed E-state index contributed by atoms with van der Waals surface area (Å²) in [6.45, 7) is 3.94. The quantitative estimate of drug-likeness (QED) is 0.453. The molecule has 0 fully saturated rings. The first-order valence-electron chi connectivity index (χ1n) is 3.87. The minimum Gasteiger partial charge on any atom is -0.398 e. The van der Waals surface area contributed by atoms with Gasteiger partial charge >= 0.3 is 0 Å². The summed E-state index contributed by atoms with van der Waals surface area (Å²) in [5.41, 5.74) is 6.60. The van der Waals surface area contributed by atoms with Crippen molar-refractivity contribution in [3.05, 3.63) is 28.6 Å². The predicted octanol–water partition coefficient (Wildman–Crippen LogP) is 1.13. The maximum absolute atomic E-state index is 5.79. The number of rotatable bonds is 0. The summed E-state index contributed by atoms with van der Waals surface area (Å²) in [5, 5.41) is 2.19. The zero-order valence-corrected chi connectivity index (χ0v) is 8.23.